The van der Waals surface area contributed by atoms with E-state index < -0.39 is 0 Å². The van der Waals surface area contributed by atoms with Crippen LogP contribution in [0.3, 0.4) is 0 Å². The lowest BCUT2D eigenvalue weighted by atomic mass is 9.73. The van der Waals surface area contributed by atoms with Crippen molar-refractivity contribution in [1.29, 1.82) is 0 Å². The summed E-state index contributed by atoms with van der Waals surface area (Å²) in [4.78, 5) is 25.7. The molecule has 150 valence electrons. The van der Waals surface area contributed by atoms with Crippen molar-refractivity contribution in [3.63, 3.8) is 0 Å². The van der Waals surface area contributed by atoms with E-state index in [2.05, 4.69) is 5.32 Å². The zero-order valence-corrected chi connectivity index (χ0v) is 17.1. The maximum absolute atomic E-state index is 13.2. The Bertz CT molecular complexity index is 1010. The summed E-state index contributed by atoms with van der Waals surface area (Å²) in [7, 11) is 3.21. The van der Waals surface area contributed by atoms with Crippen LogP contribution in [0, 0.1) is 0 Å². The summed E-state index contributed by atoms with van der Waals surface area (Å²) in [6, 6.07) is 13.0. The van der Waals surface area contributed by atoms with Crippen LogP contribution in [0.1, 0.15) is 42.2 Å². The fourth-order valence-corrected chi connectivity index (χ4v) is 4.63. The number of ether oxygens (including phenoxy) is 2. The van der Waals surface area contributed by atoms with Gasteiger partial charge in [-0.25, -0.2) is 0 Å². The Morgan fingerprint density at radius 1 is 0.966 bits per heavy atom. The molecule has 1 N–H and O–H groups in total. The molecule has 0 saturated heterocycles. The minimum atomic E-state index is -0.312. The molecule has 2 unspecified atom stereocenters. The van der Waals surface area contributed by atoms with Gasteiger partial charge in [0, 0.05) is 46.5 Å². The van der Waals surface area contributed by atoms with Gasteiger partial charge < -0.3 is 14.8 Å². The second-order valence-corrected chi connectivity index (χ2v) is 7.76. The number of rotatable bonds is 4. The molecule has 0 spiro atoms. The summed E-state index contributed by atoms with van der Waals surface area (Å²) in [5.41, 5.74) is 3.09. The number of hydrogen-bond donors (Lipinski definition) is 1. The van der Waals surface area contributed by atoms with Crippen molar-refractivity contribution in [2.45, 2.75) is 31.1 Å². The van der Waals surface area contributed by atoms with Crippen molar-refractivity contribution in [3.8, 4) is 11.5 Å². The van der Waals surface area contributed by atoms with Crippen LogP contribution in [0.2, 0.25) is 5.02 Å². The second-order valence-electron chi connectivity index (χ2n) is 7.35. The summed E-state index contributed by atoms with van der Waals surface area (Å²) in [5, 5.41) is 3.51. The van der Waals surface area contributed by atoms with E-state index in [1.165, 1.54) is 0 Å². The van der Waals surface area contributed by atoms with Gasteiger partial charge in [-0.2, -0.15) is 0 Å². The van der Waals surface area contributed by atoms with Crippen LogP contribution >= 0.6 is 11.6 Å². The molecule has 2 aromatic carbocycles. The number of halogens is 1. The van der Waals surface area contributed by atoms with E-state index in [0.29, 0.717) is 40.6 Å². The zero-order valence-electron chi connectivity index (χ0n) is 16.3. The largest absolute Gasteiger partial charge is 0.497 e. The third kappa shape index (κ3) is 3.62. The molecule has 0 radical (unpaired) electrons. The predicted molar refractivity (Wildman–Crippen MR) is 111 cm³/mol. The Labute approximate surface area is 174 Å². The normalized spacial score (nSPS) is 21.5. The van der Waals surface area contributed by atoms with Crippen molar-refractivity contribution in [1.82, 2.24) is 5.32 Å². The standard InChI is InChI=1S/C23H22ClNO4/c1-28-14-7-8-21(29-2)16(11-14)13-9-19-23(20(26)10-13)17(12-22(27)25-19)15-5-3-4-6-18(15)24/h3-8,11,13,17H,9-10,12H2,1-2H3,(H,25,27). The molecular weight excluding hydrogens is 390 g/mol. The number of allylic oxidation sites excluding steroid dienone is 2. The highest BCUT2D eigenvalue weighted by atomic mass is 35.5. The fraction of sp³-hybridized carbons (Fsp3) is 0.304. The molecule has 1 aliphatic carbocycles. The van der Waals surface area contributed by atoms with Crippen LogP contribution in [-0.2, 0) is 9.59 Å². The van der Waals surface area contributed by atoms with Crippen LogP contribution in [0.5, 0.6) is 11.5 Å². The molecule has 6 heteroatoms. The number of Topliss-reactive ketones (excluding diaryl/α,β-unsaturated/α-hetero) is 1. The van der Waals surface area contributed by atoms with Gasteiger partial charge in [-0.15, -0.1) is 0 Å². The monoisotopic (exact) mass is 411 g/mol. The van der Waals surface area contributed by atoms with E-state index in [1.807, 2.05) is 36.4 Å². The van der Waals surface area contributed by atoms with Crippen LogP contribution in [0.15, 0.2) is 53.7 Å². The fourth-order valence-electron chi connectivity index (χ4n) is 4.36. The number of nitrogens with one attached hydrogen (secondary N) is 1. The Morgan fingerprint density at radius 2 is 1.76 bits per heavy atom. The molecule has 0 fully saturated rings. The lowest BCUT2D eigenvalue weighted by molar-refractivity contribution is -0.122. The Balaban J connectivity index is 1.75. The van der Waals surface area contributed by atoms with Gasteiger partial charge in [0.2, 0.25) is 5.91 Å². The predicted octanol–water partition coefficient (Wildman–Crippen LogP) is 4.36. The van der Waals surface area contributed by atoms with Gasteiger partial charge in [0.25, 0.3) is 0 Å². The Kier molecular flexibility index (Phi) is 5.33. The maximum atomic E-state index is 13.2. The number of benzene rings is 2. The van der Waals surface area contributed by atoms with Gasteiger partial charge in [-0.3, -0.25) is 9.59 Å². The first-order valence-corrected chi connectivity index (χ1v) is 9.92. The molecule has 1 heterocycles. The first-order chi connectivity index (χ1) is 14.0. The summed E-state index contributed by atoms with van der Waals surface area (Å²) in [6.45, 7) is 0. The molecular formula is C23H22ClNO4. The van der Waals surface area contributed by atoms with Gasteiger partial charge in [0.1, 0.15) is 11.5 Å². The van der Waals surface area contributed by atoms with Crippen molar-refractivity contribution < 1.29 is 19.1 Å². The SMILES string of the molecule is COc1ccc(OC)c(C2CC(=O)C3=C(C2)NC(=O)CC3c2ccccc2Cl)c1. The number of hydrogen-bond acceptors (Lipinski definition) is 4. The lowest BCUT2D eigenvalue weighted by Gasteiger charge is -2.35. The third-order valence-corrected chi connectivity index (χ3v) is 6.04. The third-order valence-electron chi connectivity index (χ3n) is 5.69. The van der Waals surface area contributed by atoms with Crippen LogP contribution < -0.4 is 14.8 Å². The van der Waals surface area contributed by atoms with Crippen molar-refractivity contribution in [3.05, 3.63) is 69.9 Å². The van der Waals surface area contributed by atoms with E-state index >= 15 is 0 Å². The average Bonchev–Trinajstić information content (AvgIpc) is 2.72. The van der Waals surface area contributed by atoms with Crippen LogP contribution in [0.4, 0.5) is 0 Å². The van der Waals surface area contributed by atoms with Gasteiger partial charge in [0.05, 0.1) is 14.2 Å². The van der Waals surface area contributed by atoms with Gasteiger partial charge in [0.15, 0.2) is 5.78 Å². The molecule has 1 aliphatic heterocycles. The van der Waals surface area contributed by atoms with Gasteiger partial charge in [-0.1, -0.05) is 29.8 Å². The minimum absolute atomic E-state index is 0.0334. The molecule has 0 saturated carbocycles. The summed E-state index contributed by atoms with van der Waals surface area (Å²) >= 11 is 6.39. The Morgan fingerprint density at radius 3 is 2.48 bits per heavy atom. The molecule has 2 aromatic rings. The molecule has 0 bridgehead atoms. The average molecular weight is 412 g/mol. The van der Waals surface area contributed by atoms with Gasteiger partial charge >= 0.3 is 0 Å². The van der Waals surface area contributed by atoms with E-state index in [1.54, 1.807) is 20.3 Å². The van der Waals surface area contributed by atoms with E-state index in [4.69, 9.17) is 21.1 Å². The summed E-state index contributed by atoms with van der Waals surface area (Å²) in [6.07, 6.45) is 1.12. The van der Waals surface area contributed by atoms with Crippen LogP contribution in [-0.4, -0.2) is 25.9 Å². The highest BCUT2D eigenvalue weighted by Crippen LogP contribution is 2.45. The molecule has 0 aromatic heterocycles. The number of methoxy groups -OCH3 is 2. The highest BCUT2D eigenvalue weighted by molar-refractivity contribution is 6.31. The van der Waals surface area contributed by atoms with Crippen molar-refractivity contribution in [2.24, 2.45) is 0 Å². The number of carbonyl (C=O) groups is 2. The summed E-state index contributed by atoms with van der Waals surface area (Å²) in [5.74, 6) is 0.933. The molecule has 5 nitrogen and oxygen atoms in total. The summed E-state index contributed by atoms with van der Waals surface area (Å²) < 4.78 is 10.9. The molecule has 1 amide bonds. The van der Waals surface area contributed by atoms with Gasteiger partial charge in [-0.05, 0) is 36.2 Å². The maximum Gasteiger partial charge on any atom is 0.225 e. The zero-order chi connectivity index (χ0) is 20.5. The lowest BCUT2D eigenvalue weighted by Crippen LogP contribution is -2.38. The van der Waals surface area contributed by atoms with E-state index in [-0.39, 0.29) is 29.9 Å². The van der Waals surface area contributed by atoms with E-state index in [9.17, 15) is 9.59 Å². The first kappa shape index (κ1) is 19.5. The number of amides is 1. The van der Waals surface area contributed by atoms with Crippen molar-refractivity contribution in [2.75, 3.05) is 14.2 Å². The topological polar surface area (TPSA) is 64.6 Å². The molecule has 2 atom stereocenters. The number of carbonyl (C=O) groups excluding carboxylic acids is 2. The Hall–Kier alpha value is -2.79. The quantitative estimate of drug-likeness (QED) is 0.811. The first-order valence-electron chi connectivity index (χ1n) is 9.54. The number of ketones is 1. The molecule has 4 rings (SSSR count). The smallest absolute Gasteiger partial charge is 0.225 e. The van der Waals surface area contributed by atoms with Crippen molar-refractivity contribution >= 4 is 23.3 Å². The highest BCUT2D eigenvalue weighted by Gasteiger charge is 2.39. The minimum Gasteiger partial charge on any atom is -0.497 e. The van der Waals surface area contributed by atoms with Crippen LogP contribution in [0.25, 0.3) is 0 Å². The van der Waals surface area contributed by atoms with E-state index in [0.717, 1.165) is 11.1 Å². The second kappa shape index (κ2) is 7.91. The molecule has 2 aliphatic rings. The molecule has 29 heavy (non-hydrogen) atoms.